The summed E-state index contributed by atoms with van der Waals surface area (Å²) in [5.74, 6) is 1.82. The molecular weight excluding hydrogens is 314 g/mol. The molecule has 1 aromatic carbocycles. The number of thioether (sulfide) groups is 1. The second kappa shape index (κ2) is 8.58. The highest BCUT2D eigenvalue weighted by atomic mass is 32.2. The molecule has 3 nitrogen and oxygen atoms in total. The summed E-state index contributed by atoms with van der Waals surface area (Å²) in [5.41, 5.74) is 2.75. The van der Waals surface area contributed by atoms with Crippen molar-refractivity contribution >= 4 is 22.6 Å². The van der Waals surface area contributed by atoms with Gasteiger partial charge in [-0.2, -0.15) is 5.26 Å². The van der Waals surface area contributed by atoms with E-state index in [0.29, 0.717) is 23.6 Å². The summed E-state index contributed by atoms with van der Waals surface area (Å²) in [6.45, 7) is 11.2. The zero-order valence-electron chi connectivity index (χ0n) is 15.5. The number of nitriles is 1. The van der Waals surface area contributed by atoms with Crippen LogP contribution in [0, 0.1) is 24.2 Å². The van der Waals surface area contributed by atoms with Gasteiger partial charge in [-0.3, -0.25) is 0 Å². The van der Waals surface area contributed by atoms with E-state index in [1.165, 1.54) is 19.3 Å². The number of hydrogen-bond donors (Lipinski definition) is 0. The molecule has 1 unspecified atom stereocenters. The van der Waals surface area contributed by atoms with Crippen LogP contribution in [0.1, 0.15) is 58.1 Å². The molecule has 2 rings (SSSR count). The lowest BCUT2D eigenvalue weighted by Gasteiger charge is -2.33. The van der Waals surface area contributed by atoms with Crippen LogP contribution in [-0.2, 0) is 0 Å². The highest BCUT2D eigenvalue weighted by Crippen LogP contribution is 2.34. The monoisotopic (exact) mass is 343 g/mol. The Morgan fingerprint density at radius 1 is 1.38 bits per heavy atom. The van der Waals surface area contributed by atoms with E-state index in [0.717, 1.165) is 22.2 Å². The van der Waals surface area contributed by atoms with E-state index in [1.807, 2.05) is 36.9 Å². The maximum atomic E-state index is 9.03. The maximum Gasteiger partial charge on any atom is 0.164 e. The standard InChI is InChI=1S/C20H29N3S/c1-6-7-16(5)23-18(10-14(2)3)13-24-20(23)22-19-9-8-17(12-21)11-15(19)4/h8-9,11,14,16,18H,6-7,10,13H2,1-5H3/t16?,18-/m0/s1. The lowest BCUT2D eigenvalue weighted by Crippen LogP contribution is -2.41. The van der Waals surface area contributed by atoms with Gasteiger partial charge in [0.15, 0.2) is 5.17 Å². The molecule has 1 aliphatic rings. The number of amidine groups is 1. The van der Waals surface area contributed by atoms with Crippen molar-refractivity contribution in [1.29, 1.82) is 5.26 Å². The molecule has 24 heavy (non-hydrogen) atoms. The Labute approximate surface area is 151 Å². The lowest BCUT2D eigenvalue weighted by atomic mass is 10.0. The van der Waals surface area contributed by atoms with Gasteiger partial charge in [0, 0.05) is 17.8 Å². The molecule has 0 bridgehead atoms. The molecule has 1 saturated heterocycles. The number of aryl methyl sites for hydroxylation is 1. The van der Waals surface area contributed by atoms with Gasteiger partial charge < -0.3 is 4.90 Å². The number of benzene rings is 1. The zero-order valence-corrected chi connectivity index (χ0v) is 16.4. The van der Waals surface area contributed by atoms with E-state index in [2.05, 4.69) is 38.7 Å². The fourth-order valence-electron chi connectivity index (χ4n) is 3.36. The van der Waals surface area contributed by atoms with Crippen LogP contribution in [0.5, 0.6) is 0 Å². The molecule has 0 spiro atoms. The summed E-state index contributed by atoms with van der Waals surface area (Å²) in [4.78, 5) is 7.52. The third-order valence-electron chi connectivity index (χ3n) is 4.49. The summed E-state index contributed by atoms with van der Waals surface area (Å²) >= 11 is 1.88. The van der Waals surface area contributed by atoms with Gasteiger partial charge in [-0.15, -0.1) is 0 Å². The van der Waals surface area contributed by atoms with E-state index >= 15 is 0 Å². The molecule has 1 aromatic rings. The van der Waals surface area contributed by atoms with Crippen molar-refractivity contribution in [1.82, 2.24) is 4.90 Å². The van der Waals surface area contributed by atoms with Gasteiger partial charge in [0.2, 0.25) is 0 Å². The predicted molar refractivity (Wildman–Crippen MR) is 105 cm³/mol. The highest BCUT2D eigenvalue weighted by Gasteiger charge is 2.33. The quantitative estimate of drug-likeness (QED) is 0.684. The maximum absolute atomic E-state index is 9.03. The van der Waals surface area contributed by atoms with Gasteiger partial charge in [0.05, 0.1) is 17.3 Å². The van der Waals surface area contributed by atoms with E-state index < -0.39 is 0 Å². The summed E-state index contributed by atoms with van der Waals surface area (Å²) < 4.78 is 0. The largest absolute Gasteiger partial charge is 0.345 e. The van der Waals surface area contributed by atoms with E-state index in [-0.39, 0.29) is 0 Å². The Kier molecular flexibility index (Phi) is 6.74. The molecular formula is C20H29N3S. The van der Waals surface area contributed by atoms with Crippen molar-refractivity contribution in [3.8, 4) is 6.07 Å². The molecule has 0 saturated carbocycles. The number of hydrogen-bond acceptors (Lipinski definition) is 3. The Morgan fingerprint density at radius 3 is 2.71 bits per heavy atom. The minimum absolute atomic E-state index is 0.520. The molecule has 0 aliphatic carbocycles. The van der Waals surface area contributed by atoms with Crippen LogP contribution < -0.4 is 0 Å². The first kappa shape index (κ1) is 18.9. The average molecular weight is 344 g/mol. The topological polar surface area (TPSA) is 39.4 Å². The fourth-order valence-corrected chi connectivity index (χ4v) is 4.64. The van der Waals surface area contributed by atoms with Crippen molar-refractivity contribution in [2.45, 2.75) is 66.0 Å². The molecule has 1 heterocycles. The number of nitrogens with zero attached hydrogens (tertiary/aromatic N) is 3. The van der Waals surface area contributed by atoms with E-state index in [4.69, 9.17) is 10.3 Å². The molecule has 0 amide bonds. The van der Waals surface area contributed by atoms with Crippen molar-refractivity contribution in [2.24, 2.45) is 10.9 Å². The Balaban J connectivity index is 2.31. The lowest BCUT2D eigenvalue weighted by molar-refractivity contribution is 0.239. The smallest absolute Gasteiger partial charge is 0.164 e. The molecule has 4 heteroatoms. The summed E-state index contributed by atoms with van der Waals surface area (Å²) in [6, 6.07) is 9.05. The van der Waals surface area contributed by atoms with Crippen LogP contribution in [0.3, 0.4) is 0 Å². The normalized spacial score (nSPS) is 20.6. The molecule has 1 aliphatic heterocycles. The second-order valence-electron chi connectivity index (χ2n) is 7.15. The Bertz CT molecular complexity index is 630. The molecule has 0 aromatic heterocycles. The summed E-state index contributed by atoms with van der Waals surface area (Å²) in [7, 11) is 0. The van der Waals surface area contributed by atoms with Crippen molar-refractivity contribution in [2.75, 3.05) is 5.75 Å². The van der Waals surface area contributed by atoms with Crippen molar-refractivity contribution in [3.05, 3.63) is 29.3 Å². The van der Waals surface area contributed by atoms with Gasteiger partial charge in [-0.1, -0.05) is 39.0 Å². The third-order valence-corrected chi connectivity index (χ3v) is 5.60. The van der Waals surface area contributed by atoms with Gasteiger partial charge >= 0.3 is 0 Å². The molecule has 130 valence electrons. The van der Waals surface area contributed by atoms with Crippen LogP contribution in [-0.4, -0.2) is 27.9 Å². The van der Waals surface area contributed by atoms with E-state index in [9.17, 15) is 0 Å². The van der Waals surface area contributed by atoms with Crippen LogP contribution in [0.15, 0.2) is 23.2 Å². The average Bonchev–Trinajstić information content (AvgIpc) is 2.91. The van der Waals surface area contributed by atoms with Gasteiger partial charge in [-0.25, -0.2) is 4.99 Å². The molecule has 0 radical (unpaired) electrons. The number of rotatable bonds is 6. The van der Waals surface area contributed by atoms with E-state index in [1.54, 1.807) is 0 Å². The van der Waals surface area contributed by atoms with Crippen LogP contribution in [0.4, 0.5) is 5.69 Å². The molecule has 2 atom stereocenters. The predicted octanol–water partition coefficient (Wildman–Crippen LogP) is 5.51. The van der Waals surface area contributed by atoms with Crippen LogP contribution >= 0.6 is 11.8 Å². The SMILES string of the molecule is CCCC(C)N1C(=Nc2ccc(C#N)cc2C)SC[C@@H]1CC(C)C. The fraction of sp³-hybridized carbons (Fsp3) is 0.600. The second-order valence-corrected chi connectivity index (χ2v) is 8.13. The minimum Gasteiger partial charge on any atom is -0.345 e. The molecule has 0 N–H and O–H groups in total. The Morgan fingerprint density at radius 2 is 2.12 bits per heavy atom. The van der Waals surface area contributed by atoms with Crippen molar-refractivity contribution < 1.29 is 0 Å². The first-order chi connectivity index (χ1) is 11.5. The highest BCUT2D eigenvalue weighted by molar-refractivity contribution is 8.14. The first-order valence-corrected chi connectivity index (χ1v) is 9.95. The first-order valence-electron chi connectivity index (χ1n) is 8.96. The van der Waals surface area contributed by atoms with Gasteiger partial charge in [0.25, 0.3) is 0 Å². The minimum atomic E-state index is 0.520. The van der Waals surface area contributed by atoms with Crippen molar-refractivity contribution in [3.63, 3.8) is 0 Å². The van der Waals surface area contributed by atoms with Crippen LogP contribution in [0.25, 0.3) is 0 Å². The summed E-state index contributed by atoms with van der Waals surface area (Å²) in [6.07, 6.45) is 3.60. The van der Waals surface area contributed by atoms with Gasteiger partial charge in [-0.05, 0) is 56.4 Å². The Hall–Kier alpha value is -1.47. The third kappa shape index (κ3) is 4.54. The number of aliphatic imine (C=N–C) groups is 1. The zero-order chi connectivity index (χ0) is 17.7. The van der Waals surface area contributed by atoms with Gasteiger partial charge in [0.1, 0.15) is 0 Å². The van der Waals surface area contributed by atoms with Crippen LogP contribution in [0.2, 0.25) is 0 Å². The molecule has 1 fully saturated rings. The summed E-state index contributed by atoms with van der Waals surface area (Å²) in [5, 5.41) is 10.2.